The number of hydrogen-bond acceptors (Lipinski definition) is 5. The molecule has 2 aromatic rings. The van der Waals surface area contributed by atoms with Crippen LogP contribution in [0.25, 0.3) is 11.3 Å². The zero-order chi connectivity index (χ0) is 12.4. The van der Waals surface area contributed by atoms with Crippen LogP contribution < -0.4 is 5.73 Å². The number of nitrogens with two attached hydrogens (primary N) is 1. The van der Waals surface area contributed by atoms with Gasteiger partial charge in [-0.3, -0.25) is 10.1 Å². The highest BCUT2D eigenvalue weighted by molar-refractivity contribution is 5.68. The zero-order valence-electron chi connectivity index (χ0n) is 9.16. The maximum atomic E-state index is 10.9. The fraction of sp³-hybridized carbons (Fsp3) is 0.182. The molecule has 2 rings (SSSR count). The van der Waals surface area contributed by atoms with Crippen LogP contribution in [0, 0.1) is 10.1 Å². The lowest BCUT2D eigenvalue weighted by molar-refractivity contribution is -0.384. The Labute approximate surface area is 97.2 Å². The molecule has 1 aromatic carbocycles. The molecule has 0 saturated heterocycles. The Bertz CT molecular complexity index is 548. The van der Waals surface area contributed by atoms with E-state index in [1.54, 1.807) is 25.1 Å². The van der Waals surface area contributed by atoms with Crippen LogP contribution in [0.1, 0.15) is 18.9 Å². The molecular weight excluding hydrogens is 222 g/mol. The van der Waals surface area contributed by atoms with Gasteiger partial charge in [-0.2, -0.15) is 0 Å². The molecule has 1 aromatic heterocycles. The Morgan fingerprint density at radius 2 is 2.18 bits per heavy atom. The SMILES string of the molecule is CC(N)c1ncc(-c2ccccc2[N+](=O)[O-])o1. The average molecular weight is 233 g/mol. The maximum Gasteiger partial charge on any atom is 0.280 e. The van der Waals surface area contributed by atoms with E-state index in [1.165, 1.54) is 12.3 Å². The van der Waals surface area contributed by atoms with Crippen molar-refractivity contribution in [1.82, 2.24) is 4.98 Å². The highest BCUT2D eigenvalue weighted by atomic mass is 16.6. The van der Waals surface area contributed by atoms with Crippen molar-refractivity contribution in [3.63, 3.8) is 0 Å². The molecule has 0 aliphatic heterocycles. The third kappa shape index (κ3) is 2.16. The van der Waals surface area contributed by atoms with Crippen LogP contribution in [0.4, 0.5) is 5.69 Å². The van der Waals surface area contributed by atoms with Crippen molar-refractivity contribution < 1.29 is 9.34 Å². The quantitative estimate of drug-likeness (QED) is 0.648. The van der Waals surface area contributed by atoms with Gasteiger partial charge in [0, 0.05) is 6.07 Å². The minimum Gasteiger partial charge on any atom is -0.439 e. The second kappa shape index (κ2) is 4.34. The monoisotopic (exact) mass is 233 g/mol. The van der Waals surface area contributed by atoms with Crippen LogP contribution in [-0.4, -0.2) is 9.91 Å². The summed E-state index contributed by atoms with van der Waals surface area (Å²) in [6.07, 6.45) is 1.45. The van der Waals surface area contributed by atoms with Crippen LogP contribution in [-0.2, 0) is 0 Å². The molecule has 0 aliphatic rings. The first kappa shape index (κ1) is 11.3. The van der Waals surface area contributed by atoms with Crippen LogP contribution in [0.5, 0.6) is 0 Å². The van der Waals surface area contributed by atoms with Crippen molar-refractivity contribution in [2.24, 2.45) is 5.73 Å². The van der Waals surface area contributed by atoms with Gasteiger partial charge < -0.3 is 10.2 Å². The van der Waals surface area contributed by atoms with Gasteiger partial charge >= 0.3 is 0 Å². The van der Waals surface area contributed by atoms with Gasteiger partial charge in [-0.25, -0.2) is 4.98 Å². The predicted octanol–water partition coefficient (Wildman–Crippen LogP) is 2.27. The summed E-state index contributed by atoms with van der Waals surface area (Å²) in [4.78, 5) is 14.4. The molecule has 17 heavy (non-hydrogen) atoms. The summed E-state index contributed by atoms with van der Waals surface area (Å²) in [6.45, 7) is 1.73. The van der Waals surface area contributed by atoms with E-state index in [4.69, 9.17) is 10.2 Å². The lowest BCUT2D eigenvalue weighted by atomic mass is 10.1. The Kier molecular flexibility index (Phi) is 2.88. The summed E-state index contributed by atoms with van der Waals surface area (Å²) in [5, 5.41) is 10.9. The lowest BCUT2D eigenvalue weighted by Crippen LogP contribution is -2.04. The number of nitro benzene ring substituents is 1. The number of benzene rings is 1. The number of para-hydroxylation sites is 1. The second-order valence-electron chi connectivity index (χ2n) is 3.63. The van der Waals surface area contributed by atoms with E-state index in [9.17, 15) is 10.1 Å². The number of nitrogens with zero attached hydrogens (tertiary/aromatic N) is 2. The minimum absolute atomic E-state index is 0.0140. The third-order valence-electron chi connectivity index (χ3n) is 2.28. The number of aromatic nitrogens is 1. The van der Waals surface area contributed by atoms with Gasteiger partial charge in [0.15, 0.2) is 5.76 Å². The van der Waals surface area contributed by atoms with E-state index in [0.29, 0.717) is 17.2 Å². The summed E-state index contributed by atoms with van der Waals surface area (Å²) in [5.74, 6) is 0.711. The Morgan fingerprint density at radius 1 is 1.47 bits per heavy atom. The molecule has 1 heterocycles. The van der Waals surface area contributed by atoms with E-state index in [-0.39, 0.29) is 11.7 Å². The van der Waals surface area contributed by atoms with E-state index < -0.39 is 4.92 Å². The van der Waals surface area contributed by atoms with Gasteiger partial charge in [0.05, 0.1) is 22.7 Å². The summed E-state index contributed by atoms with van der Waals surface area (Å²) < 4.78 is 5.38. The number of oxazole rings is 1. The maximum absolute atomic E-state index is 10.9. The largest absolute Gasteiger partial charge is 0.439 e. The molecule has 0 radical (unpaired) electrons. The molecule has 6 heteroatoms. The molecule has 0 saturated carbocycles. The molecule has 0 aliphatic carbocycles. The summed E-state index contributed by atoms with van der Waals surface area (Å²) >= 11 is 0. The Hall–Kier alpha value is -2.21. The van der Waals surface area contributed by atoms with Crippen molar-refractivity contribution >= 4 is 5.69 Å². The van der Waals surface area contributed by atoms with Gasteiger partial charge in [-0.15, -0.1) is 0 Å². The summed E-state index contributed by atoms with van der Waals surface area (Å²) in [6, 6.07) is 6.00. The fourth-order valence-corrected chi connectivity index (χ4v) is 1.46. The van der Waals surface area contributed by atoms with Gasteiger partial charge in [0.25, 0.3) is 5.69 Å². The molecule has 1 atom stereocenters. The first-order chi connectivity index (χ1) is 8.09. The first-order valence-electron chi connectivity index (χ1n) is 5.04. The van der Waals surface area contributed by atoms with Crippen LogP contribution >= 0.6 is 0 Å². The van der Waals surface area contributed by atoms with E-state index in [2.05, 4.69) is 4.98 Å². The van der Waals surface area contributed by atoms with Gasteiger partial charge in [0.2, 0.25) is 5.89 Å². The first-order valence-corrected chi connectivity index (χ1v) is 5.04. The predicted molar refractivity (Wildman–Crippen MR) is 61.2 cm³/mol. The topological polar surface area (TPSA) is 95.2 Å². The minimum atomic E-state index is -0.455. The summed E-state index contributed by atoms with van der Waals surface area (Å²) in [7, 11) is 0. The molecular formula is C11H11N3O3. The molecule has 0 fully saturated rings. The highest BCUT2D eigenvalue weighted by Gasteiger charge is 2.18. The lowest BCUT2D eigenvalue weighted by Gasteiger charge is -1.99. The van der Waals surface area contributed by atoms with Gasteiger partial charge in [-0.05, 0) is 13.0 Å². The Morgan fingerprint density at radius 3 is 2.76 bits per heavy atom. The molecule has 0 bridgehead atoms. The second-order valence-corrected chi connectivity index (χ2v) is 3.63. The smallest absolute Gasteiger partial charge is 0.280 e. The number of rotatable bonds is 3. The third-order valence-corrected chi connectivity index (χ3v) is 2.28. The number of hydrogen-bond donors (Lipinski definition) is 1. The van der Waals surface area contributed by atoms with E-state index in [1.807, 2.05) is 0 Å². The van der Waals surface area contributed by atoms with Gasteiger partial charge in [0.1, 0.15) is 0 Å². The van der Waals surface area contributed by atoms with Crippen LogP contribution in [0.2, 0.25) is 0 Å². The van der Waals surface area contributed by atoms with E-state index >= 15 is 0 Å². The zero-order valence-corrected chi connectivity index (χ0v) is 9.16. The molecule has 88 valence electrons. The van der Waals surface area contributed by atoms with Gasteiger partial charge in [-0.1, -0.05) is 12.1 Å². The molecule has 6 nitrogen and oxygen atoms in total. The van der Waals surface area contributed by atoms with Crippen LogP contribution in [0.3, 0.4) is 0 Å². The fourth-order valence-electron chi connectivity index (χ4n) is 1.46. The molecule has 1 unspecified atom stereocenters. The summed E-state index contributed by atoms with van der Waals surface area (Å²) in [5.41, 5.74) is 6.00. The van der Waals surface area contributed by atoms with Crippen molar-refractivity contribution in [2.45, 2.75) is 13.0 Å². The normalized spacial score (nSPS) is 12.4. The highest BCUT2D eigenvalue weighted by Crippen LogP contribution is 2.30. The molecule has 0 spiro atoms. The van der Waals surface area contributed by atoms with E-state index in [0.717, 1.165) is 0 Å². The number of nitro groups is 1. The van der Waals surface area contributed by atoms with Crippen LogP contribution in [0.15, 0.2) is 34.9 Å². The Balaban J connectivity index is 2.49. The van der Waals surface area contributed by atoms with Crippen molar-refractivity contribution in [3.05, 3.63) is 46.5 Å². The standard InChI is InChI=1S/C11H11N3O3/c1-7(12)11-13-6-10(17-11)8-4-2-3-5-9(8)14(15)16/h2-7H,12H2,1H3. The van der Waals surface area contributed by atoms with Crippen molar-refractivity contribution in [3.8, 4) is 11.3 Å². The molecule has 0 amide bonds. The van der Waals surface area contributed by atoms with Crippen molar-refractivity contribution in [2.75, 3.05) is 0 Å². The molecule has 2 N–H and O–H groups in total. The van der Waals surface area contributed by atoms with Crippen molar-refractivity contribution in [1.29, 1.82) is 0 Å². The average Bonchev–Trinajstić information content (AvgIpc) is 2.78.